The molecule has 0 aliphatic heterocycles. The van der Waals surface area contributed by atoms with E-state index >= 15 is 0 Å². The Kier molecular flexibility index (Phi) is 11.3. The fraction of sp³-hybridized carbons (Fsp3) is 1.00. The monoisotopic (exact) mass is 310 g/mol. The van der Waals surface area contributed by atoms with E-state index in [1.54, 1.807) is 21.3 Å². The van der Waals surface area contributed by atoms with E-state index in [1.807, 2.05) is 0 Å². The summed E-state index contributed by atoms with van der Waals surface area (Å²) < 4.78 is 17.0. The molecule has 0 saturated heterocycles. The highest BCUT2D eigenvalue weighted by molar-refractivity contribution is 6.62. The lowest BCUT2D eigenvalue weighted by molar-refractivity contribution is 0.0980. The molecule has 2 unspecified atom stereocenters. The molecule has 0 aromatic rings. The van der Waals surface area contributed by atoms with E-state index in [4.69, 9.17) is 24.9 Å². The van der Waals surface area contributed by atoms with Crippen molar-refractivity contribution >= 4 is 20.4 Å². The zero-order valence-corrected chi connectivity index (χ0v) is 15.0. The number of unbranched alkanes of at least 4 members (excludes halogenated alkanes) is 2. The summed E-state index contributed by atoms with van der Waals surface area (Å²) in [6.45, 7) is 4.41. The van der Waals surface area contributed by atoms with Gasteiger partial charge in [0.25, 0.3) is 0 Å². The van der Waals surface area contributed by atoms with E-state index in [1.165, 1.54) is 25.7 Å². The van der Waals surface area contributed by atoms with Gasteiger partial charge in [0, 0.05) is 32.8 Å². The third-order valence-corrected chi connectivity index (χ3v) is 7.69. The first-order valence-corrected chi connectivity index (χ1v) is 9.70. The normalized spacial score (nSPS) is 15.5. The maximum Gasteiger partial charge on any atom is 0.503 e. The molecule has 0 rings (SSSR count). The van der Waals surface area contributed by atoms with Gasteiger partial charge >= 0.3 is 8.80 Å². The minimum atomic E-state index is -2.57. The number of hydrogen-bond donors (Lipinski definition) is 0. The standard InChI is InChI=1S/C14H31ClO3Si/c1-6-8-9-10-13(11-12-15)14(7-2)19(16-3,17-4)18-5/h13-14H,6-12H2,1-5H3. The van der Waals surface area contributed by atoms with Crippen molar-refractivity contribution in [3.8, 4) is 0 Å². The molecule has 0 aliphatic carbocycles. The van der Waals surface area contributed by atoms with Crippen LogP contribution in [0.4, 0.5) is 0 Å². The molecule has 5 heteroatoms. The smallest absolute Gasteiger partial charge is 0.377 e. The van der Waals surface area contributed by atoms with Crippen molar-refractivity contribution in [1.82, 2.24) is 0 Å². The van der Waals surface area contributed by atoms with Gasteiger partial charge in [-0.2, -0.15) is 0 Å². The average molecular weight is 311 g/mol. The summed E-state index contributed by atoms with van der Waals surface area (Å²) in [6.07, 6.45) is 6.96. The first-order valence-electron chi connectivity index (χ1n) is 7.37. The molecule has 0 amide bonds. The summed E-state index contributed by atoms with van der Waals surface area (Å²) in [5.41, 5.74) is 0.336. The van der Waals surface area contributed by atoms with Crippen LogP contribution in [-0.2, 0) is 13.3 Å². The topological polar surface area (TPSA) is 27.7 Å². The zero-order chi connectivity index (χ0) is 14.7. The fourth-order valence-corrected chi connectivity index (χ4v) is 6.02. The van der Waals surface area contributed by atoms with E-state index < -0.39 is 8.80 Å². The van der Waals surface area contributed by atoms with Crippen LogP contribution in [0.2, 0.25) is 5.54 Å². The molecule has 0 aromatic carbocycles. The second-order valence-electron chi connectivity index (χ2n) is 4.96. The Morgan fingerprint density at radius 1 is 0.947 bits per heavy atom. The molecule has 116 valence electrons. The van der Waals surface area contributed by atoms with Crippen LogP contribution in [0.1, 0.15) is 52.4 Å². The van der Waals surface area contributed by atoms with Crippen LogP contribution in [0.5, 0.6) is 0 Å². The highest BCUT2D eigenvalue weighted by Crippen LogP contribution is 2.39. The van der Waals surface area contributed by atoms with Gasteiger partial charge in [0.15, 0.2) is 0 Å². The quantitative estimate of drug-likeness (QED) is 0.302. The van der Waals surface area contributed by atoms with Crippen molar-refractivity contribution in [1.29, 1.82) is 0 Å². The number of hydrogen-bond acceptors (Lipinski definition) is 3. The van der Waals surface area contributed by atoms with Crippen molar-refractivity contribution in [3.05, 3.63) is 0 Å². The predicted molar refractivity (Wildman–Crippen MR) is 83.8 cm³/mol. The molecule has 0 spiro atoms. The Morgan fingerprint density at radius 3 is 1.89 bits per heavy atom. The van der Waals surface area contributed by atoms with E-state index in [-0.39, 0.29) is 0 Å². The second kappa shape index (κ2) is 11.1. The van der Waals surface area contributed by atoms with Gasteiger partial charge in [-0.3, -0.25) is 0 Å². The highest BCUT2D eigenvalue weighted by Gasteiger charge is 2.49. The molecule has 2 atom stereocenters. The highest BCUT2D eigenvalue weighted by atomic mass is 35.5. The maximum absolute atomic E-state index is 5.98. The van der Waals surface area contributed by atoms with Crippen LogP contribution < -0.4 is 0 Å². The molecular formula is C14H31ClO3Si. The third kappa shape index (κ3) is 5.72. The SMILES string of the molecule is CCCCCC(CCCl)C(CC)[Si](OC)(OC)OC. The molecule has 0 saturated carbocycles. The Labute approximate surface area is 125 Å². The van der Waals surface area contributed by atoms with Crippen LogP contribution in [0.25, 0.3) is 0 Å². The van der Waals surface area contributed by atoms with Crippen LogP contribution in [0.3, 0.4) is 0 Å². The molecular weight excluding hydrogens is 280 g/mol. The van der Waals surface area contributed by atoms with Crippen molar-refractivity contribution in [2.24, 2.45) is 5.92 Å². The van der Waals surface area contributed by atoms with Gasteiger partial charge in [-0.15, -0.1) is 11.6 Å². The van der Waals surface area contributed by atoms with Crippen LogP contribution >= 0.6 is 11.6 Å². The molecule has 0 N–H and O–H groups in total. The summed E-state index contributed by atoms with van der Waals surface area (Å²) in [5, 5.41) is 0. The van der Waals surface area contributed by atoms with Crippen LogP contribution in [0, 0.1) is 5.92 Å². The second-order valence-corrected chi connectivity index (χ2v) is 8.52. The first kappa shape index (κ1) is 19.4. The third-order valence-electron chi connectivity index (χ3n) is 3.97. The molecule has 19 heavy (non-hydrogen) atoms. The molecule has 0 fully saturated rings. The molecule has 0 radical (unpaired) electrons. The predicted octanol–water partition coefficient (Wildman–Crippen LogP) is 4.47. The van der Waals surface area contributed by atoms with Gasteiger partial charge in [0.2, 0.25) is 0 Å². The van der Waals surface area contributed by atoms with E-state index in [9.17, 15) is 0 Å². The van der Waals surface area contributed by atoms with Crippen molar-refractivity contribution in [3.63, 3.8) is 0 Å². The van der Waals surface area contributed by atoms with E-state index in [2.05, 4.69) is 13.8 Å². The number of alkyl halides is 1. The Balaban J connectivity index is 4.87. The summed E-state index contributed by atoms with van der Waals surface area (Å²) >= 11 is 5.98. The Morgan fingerprint density at radius 2 is 1.53 bits per heavy atom. The summed E-state index contributed by atoms with van der Waals surface area (Å²) in [5.74, 6) is 1.22. The van der Waals surface area contributed by atoms with Crippen molar-refractivity contribution < 1.29 is 13.3 Å². The number of rotatable bonds is 12. The van der Waals surface area contributed by atoms with Gasteiger partial charge in [-0.1, -0.05) is 39.5 Å². The van der Waals surface area contributed by atoms with Crippen LogP contribution in [0.15, 0.2) is 0 Å². The Bertz CT molecular complexity index is 205. The summed E-state index contributed by atoms with van der Waals surface area (Å²) in [6, 6.07) is 0. The molecule has 3 nitrogen and oxygen atoms in total. The molecule has 0 bridgehead atoms. The number of halogens is 1. The Hall–Kier alpha value is 0.387. The van der Waals surface area contributed by atoms with E-state index in [0.717, 1.165) is 12.8 Å². The fourth-order valence-electron chi connectivity index (χ4n) is 2.92. The van der Waals surface area contributed by atoms with Gasteiger partial charge in [-0.25, -0.2) is 0 Å². The molecule has 0 aromatic heterocycles. The van der Waals surface area contributed by atoms with Gasteiger partial charge in [0.1, 0.15) is 0 Å². The molecule has 0 aliphatic rings. The van der Waals surface area contributed by atoms with Crippen molar-refractivity contribution in [2.45, 2.75) is 57.9 Å². The lowest BCUT2D eigenvalue weighted by atomic mass is 9.93. The van der Waals surface area contributed by atoms with Gasteiger partial charge in [-0.05, 0) is 18.8 Å². The summed E-state index contributed by atoms with van der Waals surface area (Å²) in [7, 11) is 2.53. The minimum absolute atomic E-state index is 0.336. The van der Waals surface area contributed by atoms with Crippen molar-refractivity contribution in [2.75, 3.05) is 27.2 Å². The van der Waals surface area contributed by atoms with Gasteiger partial charge in [0.05, 0.1) is 0 Å². The lowest BCUT2D eigenvalue weighted by Gasteiger charge is -2.36. The lowest BCUT2D eigenvalue weighted by Crippen LogP contribution is -2.50. The van der Waals surface area contributed by atoms with E-state index in [0.29, 0.717) is 17.3 Å². The zero-order valence-electron chi connectivity index (χ0n) is 13.2. The minimum Gasteiger partial charge on any atom is -0.377 e. The van der Waals surface area contributed by atoms with Crippen LogP contribution in [-0.4, -0.2) is 36.0 Å². The average Bonchev–Trinajstić information content (AvgIpc) is 2.44. The maximum atomic E-state index is 5.98. The summed E-state index contributed by atoms with van der Waals surface area (Å²) in [4.78, 5) is 0. The molecule has 0 heterocycles. The largest absolute Gasteiger partial charge is 0.503 e. The van der Waals surface area contributed by atoms with Gasteiger partial charge < -0.3 is 13.3 Å². The first-order chi connectivity index (χ1) is 9.15.